The van der Waals surface area contributed by atoms with E-state index in [9.17, 15) is 23.1 Å². The summed E-state index contributed by atoms with van der Waals surface area (Å²) in [5, 5.41) is 9.29. The predicted molar refractivity (Wildman–Crippen MR) is 116 cm³/mol. The molecule has 0 fully saturated rings. The number of halogens is 3. The van der Waals surface area contributed by atoms with Gasteiger partial charge in [0.25, 0.3) is 0 Å². The first kappa shape index (κ1) is 29.0. The van der Waals surface area contributed by atoms with Crippen LogP contribution in [0.1, 0.15) is 25.8 Å². The van der Waals surface area contributed by atoms with E-state index in [0.717, 1.165) is 6.26 Å². The first-order valence-electron chi connectivity index (χ1n) is 9.14. The third kappa shape index (κ3) is 10.4. The summed E-state index contributed by atoms with van der Waals surface area (Å²) in [6, 6.07) is 5.85. The highest BCUT2D eigenvalue weighted by atomic mass is 19.4. The normalized spacial score (nSPS) is 11.5. The van der Waals surface area contributed by atoms with Crippen molar-refractivity contribution in [2.75, 3.05) is 6.61 Å². The van der Waals surface area contributed by atoms with Gasteiger partial charge < -0.3 is 9.84 Å². The van der Waals surface area contributed by atoms with Gasteiger partial charge in [0.15, 0.2) is 5.78 Å². The molecule has 1 atom stereocenters. The van der Waals surface area contributed by atoms with Crippen molar-refractivity contribution in [1.29, 1.82) is 0 Å². The second-order valence-corrected chi connectivity index (χ2v) is 5.56. The van der Waals surface area contributed by atoms with Crippen molar-refractivity contribution in [2.24, 2.45) is 5.92 Å². The summed E-state index contributed by atoms with van der Waals surface area (Å²) in [4.78, 5) is 12.7. The number of rotatable bonds is 10. The average molecular weight is 422 g/mol. The molecule has 0 aromatic heterocycles. The van der Waals surface area contributed by atoms with Gasteiger partial charge in [0, 0.05) is 23.5 Å². The summed E-state index contributed by atoms with van der Waals surface area (Å²) in [6.45, 7) is 14.1. The maximum atomic E-state index is 13.1. The first-order valence-corrected chi connectivity index (χ1v) is 9.14. The minimum Gasteiger partial charge on any atom is -0.508 e. The number of ketones is 1. The van der Waals surface area contributed by atoms with Gasteiger partial charge in [-0.1, -0.05) is 51.3 Å². The van der Waals surface area contributed by atoms with Crippen LogP contribution in [0.25, 0.3) is 0 Å². The Balaban J connectivity index is 0. The number of alkyl halides is 3. The van der Waals surface area contributed by atoms with E-state index in [0.29, 0.717) is 5.56 Å². The Kier molecular flexibility index (Phi) is 15.2. The number of phenols is 1. The molecule has 0 radical (unpaired) electrons. The molecule has 0 aliphatic rings. The maximum Gasteiger partial charge on any atom is 0.412 e. The van der Waals surface area contributed by atoms with Gasteiger partial charge >= 0.3 is 6.18 Å². The Morgan fingerprint density at radius 1 is 1.17 bits per heavy atom. The SMILES string of the molecule is C#C.C=CCO/C=C(\C(=O)Cc1ccc(O)cc1)C(CC=C)C(=C)C(F)(F)F.CC. The Hall–Kier alpha value is -3.20. The Morgan fingerprint density at radius 2 is 1.70 bits per heavy atom. The molecule has 1 N–H and O–H groups in total. The lowest BCUT2D eigenvalue weighted by molar-refractivity contribution is -0.116. The van der Waals surface area contributed by atoms with Crippen LogP contribution in [0.3, 0.4) is 0 Å². The van der Waals surface area contributed by atoms with Gasteiger partial charge in [-0.3, -0.25) is 4.79 Å². The van der Waals surface area contributed by atoms with E-state index in [1.807, 2.05) is 13.8 Å². The first-order chi connectivity index (χ1) is 14.2. The molecule has 1 unspecified atom stereocenters. The lowest BCUT2D eigenvalue weighted by Gasteiger charge is -2.22. The summed E-state index contributed by atoms with van der Waals surface area (Å²) >= 11 is 0. The van der Waals surface area contributed by atoms with E-state index in [1.54, 1.807) is 0 Å². The number of aromatic hydroxyl groups is 1. The number of terminal acetylenes is 1. The van der Waals surface area contributed by atoms with Crippen LogP contribution < -0.4 is 0 Å². The summed E-state index contributed by atoms with van der Waals surface area (Å²) < 4.78 is 44.6. The zero-order valence-electron chi connectivity index (χ0n) is 17.4. The van der Waals surface area contributed by atoms with Crippen LogP contribution in [0.4, 0.5) is 13.2 Å². The number of benzene rings is 1. The van der Waals surface area contributed by atoms with Crippen molar-refractivity contribution in [1.82, 2.24) is 0 Å². The van der Waals surface area contributed by atoms with Crippen molar-refractivity contribution in [3.8, 4) is 18.6 Å². The van der Waals surface area contributed by atoms with Crippen LogP contribution >= 0.6 is 0 Å². The summed E-state index contributed by atoms with van der Waals surface area (Å²) in [6.07, 6.45) is 6.86. The van der Waals surface area contributed by atoms with Crippen LogP contribution in [0.15, 0.2) is 73.6 Å². The van der Waals surface area contributed by atoms with Crippen LogP contribution in [0.5, 0.6) is 5.75 Å². The predicted octanol–water partition coefficient (Wildman–Crippen LogP) is 6.18. The van der Waals surface area contributed by atoms with E-state index in [1.165, 1.54) is 36.4 Å². The molecular formula is C24H29F3O3. The number of hydrogen-bond acceptors (Lipinski definition) is 3. The van der Waals surface area contributed by atoms with Crippen molar-refractivity contribution < 1.29 is 27.8 Å². The summed E-state index contributed by atoms with van der Waals surface area (Å²) in [7, 11) is 0. The van der Waals surface area contributed by atoms with E-state index in [2.05, 4.69) is 32.6 Å². The molecule has 0 bridgehead atoms. The second-order valence-electron chi connectivity index (χ2n) is 5.56. The highest BCUT2D eigenvalue weighted by Gasteiger charge is 2.39. The number of ether oxygens (including phenoxy) is 1. The smallest absolute Gasteiger partial charge is 0.412 e. The molecular weight excluding hydrogens is 393 g/mol. The minimum atomic E-state index is -4.65. The van der Waals surface area contributed by atoms with E-state index >= 15 is 0 Å². The third-order valence-electron chi connectivity index (χ3n) is 3.61. The van der Waals surface area contributed by atoms with Gasteiger partial charge in [-0.25, -0.2) is 0 Å². The molecule has 0 aliphatic heterocycles. The molecule has 0 saturated carbocycles. The van der Waals surface area contributed by atoms with Gasteiger partial charge in [0.2, 0.25) is 0 Å². The maximum absolute atomic E-state index is 13.1. The molecule has 30 heavy (non-hydrogen) atoms. The van der Waals surface area contributed by atoms with Crippen molar-refractivity contribution in [3.63, 3.8) is 0 Å². The fourth-order valence-corrected chi connectivity index (χ4v) is 2.27. The van der Waals surface area contributed by atoms with Crippen molar-refractivity contribution in [2.45, 2.75) is 32.9 Å². The van der Waals surface area contributed by atoms with E-state index in [-0.39, 0.29) is 30.8 Å². The van der Waals surface area contributed by atoms with Crippen LogP contribution in [0, 0.1) is 18.8 Å². The zero-order chi connectivity index (χ0) is 23.7. The standard InChI is InChI=1S/C20H21F3O3.C2H6.C2H2/c1-4-6-17(14(3)20(21,22)23)18(13-26-11-5-2)19(25)12-15-7-9-16(24)10-8-15;2*1-2/h4-5,7-10,13,17,24H,1-3,6,11-12H2;1-2H3;1-2H/b18-13-;;. The lowest BCUT2D eigenvalue weighted by Crippen LogP contribution is -2.25. The Labute approximate surface area is 177 Å². The highest BCUT2D eigenvalue weighted by molar-refractivity contribution is 5.97. The number of hydrogen-bond donors (Lipinski definition) is 1. The number of Topliss-reactive ketones (excluding diaryl/α,β-unsaturated/α-hetero) is 1. The number of phenolic OH excluding ortho intramolecular Hbond substituents is 1. The van der Waals surface area contributed by atoms with Crippen molar-refractivity contribution in [3.05, 3.63) is 79.1 Å². The Bertz CT molecular complexity index is 726. The molecule has 3 nitrogen and oxygen atoms in total. The van der Waals surface area contributed by atoms with E-state index in [4.69, 9.17) is 4.74 Å². The summed E-state index contributed by atoms with van der Waals surface area (Å²) in [5.74, 6) is -1.79. The van der Waals surface area contributed by atoms with Gasteiger partial charge in [0.1, 0.15) is 12.4 Å². The summed E-state index contributed by atoms with van der Waals surface area (Å²) in [5.41, 5.74) is -0.621. The molecule has 0 saturated heterocycles. The molecule has 0 spiro atoms. The molecule has 1 aromatic rings. The van der Waals surface area contributed by atoms with Gasteiger partial charge in [-0.2, -0.15) is 13.2 Å². The number of carbonyl (C=O) groups excluding carboxylic acids is 1. The number of allylic oxidation sites excluding steroid dienone is 3. The van der Waals surface area contributed by atoms with Crippen LogP contribution in [0.2, 0.25) is 0 Å². The fraction of sp³-hybridized carbons (Fsp3) is 0.292. The number of carbonyl (C=O) groups is 1. The van der Waals surface area contributed by atoms with Gasteiger partial charge in [-0.15, -0.1) is 19.4 Å². The fourth-order valence-electron chi connectivity index (χ4n) is 2.27. The van der Waals surface area contributed by atoms with Gasteiger partial charge in [0.05, 0.1) is 6.26 Å². The molecule has 1 aromatic carbocycles. The monoisotopic (exact) mass is 422 g/mol. The Morgan fingerprint density at radius 3 is 2.13 bits per heavy atom. The van der Waals surface area contributed by atoms with E-state index < -0.39 is 23.5 Å². The average Bonchev–Trinajstić information content (AvgIpc) is 2.73. The molecule has 0 amide bonds. The molecule has 0 aliphatic carbocycles. The largest absolute Gasteiger partial charge is 0.508 e. The van der Waals surface area contributed by atoms with Crippen LogP contribution in [-0.4, -0.2) is 23.7 Å². The van der Waals surface area contributed by atoms with Gasteiger partial charge in [-0.05, 0) is 24.1 Å². The second kappa shape index (κ2) is 15.7. The lowest BCUT2D eigenvalue weighted by atomic mass is 9.85. The highest BCUT2D eigenvalue weighted by Crippen LogP contribution is 2.36. The molecule has 164 valence electrons. The third-order valence-corrected chi connectivity index (χ3v) is 3.61. The molecule has 6 heteroatoms. The van der Waals surface area contributed by atoms with Crippen LogP contribution in [-0.2, 0) is 16.0 Å². The topological polar surface area (TPSA) is 46.5 Å². The molecule has 1 rings (SSSR count). The zero-order valence-corrected chi connectivity index (χ0v) is 17.4. The van der Waals surface area contributed by atoms with Crippen molar-refractivity contribution >= 4 is 5.78 Å². The quantitative estimate of drug-likeness (QED) is 0.161. The molecule has 0 heterocycles. The minimum absolute atomic E-state index is 0.0289.